The van der Waals surface area contributed by atoms with Crippen molar-refractivity contribution >= 4 is 23.3 Å². The molecule has 1 aliphatic heterocycles. The summed E-state index contributed by atoms with van der Waals surface area (Å²) < 4.78 is 29.9. The van der Waals surface area contributed by atoms with Crippen LogP contribution < -0.4 is 15.1 Å². The molecule has 11 heteroatoms. The third-order valence-corrected chi connectivity index (χ3v) is 4.73. The zero-order valence-corrected chi connectivity index (χ0v) is 16.8. The number of aromatic nitrogens is 3. The lowest BCUT2D eigenvalue weighted by Gasteiger charge is -2.20. The fourth-order valence-corrected chi connectivity index (χ4v) is 3.31. The zero-order chi connectivity index (χ0) is 22.0. The number of amides is 1. The molecule has 0 saturated carbocycles. The number of pyridine rings is 1. The quantitative estimate of drug-likeness (QED) is 0.562. The van der Waals surface area contributed by atoms with Crippen molar-refractivity contribution in [3.63, 3.8) is 0 Å². The minimum atomic E-state index is -3.80. The van der Waals surface area contributed by atoms with E-state index < -0.39 is 11.7 Å². The Balaban J connectivity index is 1.62. The lowest BCUT2D eigenvalue weighted by molar-refractivity contribution is -0.0964. The summed E-state index contributed by atoms with van der Waals surface area (Å²) in [6.07, 6.45) is 3.09. The first kappa shape index (κ1) is 21.0. The number of hydrogen-bond acceptors (Lipinski definition) is 6. The maximum Gasteiger partial charge on any atom is 0.487 e. The number of rotatable bonds is 6. The largest absolute Gasteiger partial charge is 0.487 e. The molecule has 2 aromatic heterocycles. The lowest BCUT2D eigenvalue weighted by atomic mass is 10.1. The van der Waals surface area contributed by atoms with E-state index in [1.807, 2.05) is 0 Å². The number of benzene rings is 1. The van der Waals surface area contributed by atoms with Gasteiger partial charge < -0.3 is 15.2 Å². The number of carbonyl (C=O) groups is 1. The van der Waals surface area contributed by atoms with Crippen molar-refractivity contribution in [3.8, 4) is 17.0 Å². The number of β-amino-alcohol motifs (C(OH)–C–C–N with tert-alkyl or cyclic N) is 1. The summed E-state index contributed by atoms with van der Waals surface area (Å²) in [5.74, 6) is -0.0739. The summed E-state index contributed by atoms with van der Waals surface area (Å²) in [4.78, 5) is 18.1. The third-order valence-electron chi connectivity index (χ3n) is 4.65. The summed E-state index contributed by atoms with van der Waals surface area (Å²) >= 11 is 4.79. The number of nitrogens with one attached hydrogen (secondary N) is 1. The Morgan fingerprint density at radius 1 is 1.29 bits per heavy atom. The molecule has 31 heavy (non-hydrogen) atoms. The van der Waals surface area contributed by atoms with Crippen LogP contribution in [0.5, 0.6) is 5.75 Å². The molecule has 1 aromatic carbocycles. The van der Waals surface area contributed by atoms with Crippen LogP contribution in [0.1, 0.15) is 16.8 Å². The highest BCUT2D eigenvalue weighted by atomic mass is 35.5. The van der Waals surface area contributed by atoms with Crippen molar-refractivity contribution in [2.45, 2.75) is 18.1 Å². The van der Waals surface area contributed by atoms with Gasteiger partial charge in [-0.15, -0.1) is 8.78 Å². The van der Waals surface area contributed by atoms with Crippen LogP contribution in [0.3, 0.4) is 0 Å². The average Bonchev–Trinajstić information content (AvgIpc) is 3.34. The third kappa shape index (κ3) is 5.09. The van der Waals surface area contributed by atoms with Crippen molar-refractivity contribution < 1.29 is 23.4 Å². The van der Waals surface area contributed by atoms with Gasteiger partial charge in [0, 0.05) is 42.2 Å². The summed E-state index contributed by atoms with van der Waals surface area (Å²) in [5.41, 5.74) is -2.32. The molecule has 3 heterocycles. The van der Waals surface area contributed by atoms with Crippen LogP contribution in [0.2, 0.25) is 0 Å². The molecule has 1 unspecified atom stereocenters. The van der Waals surface area contributed by atoms with E-state index in [-0.39, 0.29) is 11.7 Å². The van der Waals surface area contributed by atoms with E-state index in [2.05, 4.69) is 20.1 Å². The molecule has 4 rings (SSSR count). The molecule has 1 aliphatic rings. The second-order valence-corrected chi connectivity index (χ2v) is 7.37. The number of nitrogens with zero attached hydrogens (tertiary/aromatic N) is 4. The Bertz CT molecular complexity index is 1060. The highest BCUT2D eigenvalue weighted by molar-refractivity contribution is 6.20. The number of ether oxygens (including phenoxy) is 1. The van der Waals surface area contributed by atoms with E-state index in [9.17, 15) is 18.7 Å². The Labute approximate surface area is 181 Å². The Hall–Kier alpha value is -3.24. The van der Waals surface area contributed by atoms with Gasteiger partial charge in [-0.25, -0.2) is 0 Å². The SMILES string of the molecule is O=C(Nc1cc(-c2ccc(OC(F)(F)Cl)cc2)nn1N1CCC(O)C1)c1cccnc1. The van der Waals surface area contributed by atoms with Gasteiger partial charge in [0.2, 0.25) is 0 Å². The fraction of sp³-hybridized carbons (Fsp3) is 0.250. The van der Waals surface area contributed by atoms with Crippen LogP contribution >= 0.6 is 11.6 Å². The van der Waals surface area contributed by atoms with Crippen LogP contribution in [0, 0.1) is 0 Å². The Morgan fingerprint density at radius 3 is 2.68 bits per heavy atom. The fourth-order valence-electron chi connectivity index (χ4n) is 3.22. The lowest BCUT2D eigenvalue weighted by Crippen LogP contribution is -2.35. The van der Waals surface area contributed by atoms with E-state index in [0.717, 1.165) is 0 Å². The van der Waals surface area contributed by atoms with Crippen molar-refractivity contribution in [1.82, 2.24) is 14.9 Å². The second kappa shape index (κ2) is 8.48. The van der Waals surface area contributed by atoms with Crippen LogP contribution in [-0.4, -0.2) is 50.6 Å². The molecule has 1 amide bonds. The highest BCUT2D eigenvalue weighted by Gasteiger charge is 2.28. The topological polar surface area (TPSA) is 92.5 Å². The summed E-state index contributed by atoms with van der Waals surface area (Å²) in [6, 6.07) is 10.7. The molecule has 8 nitrogen and oxygen atoms in total. The van der Waals surface area contributed by atoms with E-state index in [1.165, 1.54) is 23.1 Å². The van der Waals surface area contributed by atoms with Gasteiger partial charge in [-0.3, -0.25) is 14.8 Å². The van der Waals surface area contributed by atoms with Crippen LogP contribution in [0.4, 0.5) is 14.6 Å². The Kier molecular flexibility index (Phi) is 5.75. The molecular formula is C20H18ClF2N5O3. The predicted molar refractivity (Wildman–Crippen MR) is 110 cm³/mol. The molecule has 0 spiro atoms. The number of alkyl halides is 3. The van der Waals surface area contributed by atoms with Gasteiger partial charge in [0.05, 0.1) is 23.9 Å². The first-order valence-electron chi connectivity index (χ1n) is 9.39. The predicted octanol–water partition coefficient (Wildman–Crippen LogP) is 3.07. The minimum Gasteiger partial charge on any atom is -0.420 e. The van der Waals surface area contributed by atoms with Gasteiger partial charge in [0.25, 0.3) is 5.91 Å². The van der Waals surface area contributed by atoms with E-state index >= 15 is 0 Å². The number of carbonyl (C=O) groups excluding carboxylic acids is 1. The normalized spacial score (nSPS) is 16.4. The number of hydrogen-bond donors (Lipinski definition) is 2. The van der Waals surface area contributed by atoms with E-state index in [1.54, 1.807) is 41.5 Å². The minimum absolute atomic E-state index is 0.101. The average molecular weight is 450 g/mol. The van der Waals surface area contributed by atoms with Gasteiger partial charge in [-0.05, 0) is 42.8 Å². The number of halogens is 3. The van der Waals surface area contributed by atoms with Gasteiger partial charge >= 0.3 is 5.57 Å². The van der Waals surface area contributed by atoms with Crippen molar-refractivity contribution in [1.29, 1.82) is 0 Å². The summed E-state index contributed by atoms with van der Waals surface area (Å²) in [6.45, 7) is 0.907. The maximum absolute atomic E-state index is 12.8. The molecule has 2 N–H and O–H groups in total. The first-order valence-corrected chi connectivity index (χ1v) is 9.77. The Morgan fingerprint density at radius 2 is 2.06 bits per heavy atom. The van der Waals surface area contributed by atoms with Crippen LogP contribution in [-0.2, 0) is 0 Å². The molecular weight excluding hydrogens is 432 g/mol. The molecule has 162 valence electrons. The molecule has 1 fully saturated rings. The van der Waals surface area contributed by atoms with Gasteiger partial charge in [0.1, 0.15) is 5.75 Å². The molecule has 0 radical (unpaired) electrons. The van der Waals surface area contributed by atoms with Crippen LogP contribution in [0.15, 0.2) is 54.9 Å². The highest BCUT2D eigenvalue weighted by Crippen LogP contribution is 2.29. The molecule has 1 saturated heterocycles. The monoisotopic (exact) mass is 449 g/mol. The number of aliphatic hydroxyl groups is 1. The van der Waals surface area contributed by atoms with Crippen LogP contribution in [0.25, 0.3) is 11.3 Å². The number of anilines is 1. The van der Waals surface area contributed by atoms with Crippen molar-refractivity contribution in [3.05, 3.63) is 60.4 Å². The summed E-state index contributed by atoms with van der Waals surface area (Å²) in [7, 11) is 0. The molecule has 3 aromatic rings. The standard InChI is InChI=1S/C20H18ClF2N5O3/c21-20(22,23)31-16-5-3-13(4-6-16)17-10-18(25-19(30)14-2-1-8-24-11-14)28(26-17)27-9-7-15(29)12-27/h1-6,8,10-11,15,29H,7,9,12H2,(H,25,30). The maximum atomic E-state index is 12.8. The molecule has 0 aliphatic carbocycles. The van der Waals surface area contributed by atoms with Gasteiger partial charge in [0.15, 0.2) is 5.82 Å². The number of aliphatic hydroxyl groups excluding tert-OH is 1. The molecule has 0 bridgehead atoms. The van der Waals surface area contributed by atoms with E-state index in [4.69, 9.17) is 11.6 Å². The molecule has 1 atom stereocenters. The second-order valence-electron chi connectivity index (χ2n) is 6.93. The smallest absolute Gasteiger partial charge is 0.420 e. The van der Waals surface area contributed by atoms with Crippen molar-refractivity contribution in [2.75, 3.05) is 23.4 Å². The first-order chi connectivity index (χ1) is 14.8. The summed E-state index contributed by atoms with van der Waals surface area (Å²) in [5, 5.41) is 19.0. The van der Waals surface area contributed by atoms with Gasteiger partial charge in [-0.2, -0.15) is 9.89 Å². The van der Waals surface area contributed by atoms with Crippen molar-refractivity contribution in [2.24, 2.45) is 0 Å². The van der Waals surface area contributed by atoms with Gasteiger partial charge in [-0.1, -0.05) is 0 Å². The van der Waals surface area contributed by atoms with E-state index in [0.29, 0.717) is 42.1 Å². The zero-order valence-electron chi connectivity index (χ0n) is 16.1.